The third kappa shape index (κ3) is 2.85. The van der Waals surface area contributed by atoms with Gasteiger partial charge in [-0.15, -0.1) is 0 Å². The molecule has 2 aromatic rings. The van der Waals surface area contributed by atoms with Gasteiger partial charge in [-0.3, -0.25) is 14.7 Å². The highest BCUT2D eigenvalue weighted by Gasteiger charge is 2.27. The second-order valence-corrected chi connectivity index (χ2v) is 5.07. The van der Waals surface area contributed by atoms with Crippen molar-refractivity contribution in [1.82, 2.24) is 15.2 Å². The Balaban J connectivity index is 1.81. The number of amides is 3. The van der Waals surface area contributed by atoms with Gasteiger partial charge in [-0.05, 0) is 6.07 Å². The van der Waals surface area contributed by atoms with Crippen LogP contribution in [0.3, 0.4) is 0 Å². The van der Waals surface area contributed by atoms with E-state index in [1.165, 1.54) is 13.3 Å². The molecule has 1 aromatic carbocycles. The molecule has 0 spiro atoms. The third-order valence-corrected chi connectivity index (χ3v) is 3.65. The highest BCUT2D eigenvalue weighted by Crippen LogP contribution is 2.26. The van der Waals surface area contributed by atoms with Gasteiger partial charge >= 0.3 is 12.0 Å². The molecule has 1 aliphatic heterocycles. The highest BCUT2D eigenvalue weighted by molar-refractivity contribution is 6.06. The molecule has 0 unspecified atom stereocenters. The van der Waals surface area contributed by atoms with Crippen LogP contribution >= 0.6 is 0 Å². The van der Waals surface area contributed by atoms with Crippen molar-refractivity contribution >= 4 is 28.8 Å². The molecule has 3 amide bonds. The predicted molar refractivity (Wildman–Crippen MR) is 83.7 cm³/mol. The van der Waals surface area contributed by atoms with Crippen LogP contribution in [0.2, 0.25) is 0 Å². The lowest BCUT2D eigenvalue weighted by atomic mass is 10.1. The zero-order chi connectivity index (χ0) is 17.1. The number of hydrogen-bond acceptors (Lipinski definition) is 6. The number of imide groups is 1. The molecule has 0 aliphatic carbocycles. The third-order valence-electron chi connectivity index (χ3n) is 3.65. The maximum absolute atomic E-state index is 12.4. The van der Waals surface area contributed by atoms with Gasteiger partial charge in [-0.25, -0.2) is 9.59 Å². The quantitative estimate of drug-likeness (QED) is 0.839. The molecule has 0 atom stereocenters. The molecule has 24 heavy (non-hydrogen) atoms. The number of nitrogens with one attached hydrogen (secondary N) is 1. The molecule has 8 nitrogen and oxygen atoms in total. The molecule has 1 N–H and O–H groups in total. The summed E-state index contributed by atoms with van der Waals surface area (Å²) in [6, 6.07) is 6.55. The van der Waals surface area contributed by atoms with Gasteiger partial charge in [0.05, 0.1) is 18.8 Å². The number of urea groups is 1. The van der Waals surface area contributed by atoms with Crippen molar-refractivity contribution in [2.75, 3.05) is 26.8 Å². The average molecular weight is 329 g/mol. The molecule has 1 aromatic heterocycles. The van der Waals surface area contributed by atoms with Gasteiger partial charge in [0.2, 0.25) is 0 Å². The number of esters is 1. The zero-order valence-electron chi connectivity index (χ0n) is 12.9. The van der Waals surface area contributed by atoms with Gasteiger partial charge in [-0.1, -0.05) is 18.2 Å². The number of aromatic nitrogens is 1. The van der Waals surface area contributed by atoms with Gasteiger partial charge in [-0.2, -0.15) is 0 Å². The number of methoxy groups -OCH3 is 1. The largest absolute Gasteiger partial charge is 0.494 e. The van der Waals surface area contributed by atoms with E-state index in [-0.39, 0.29) is 17.9 Å². The predicted octanol–water partition coefficient (Wildman–Crippen LogP) is 0.952. The topological polar surface area (TPSA) is 97.8 Å². The highest BCUT2D eigenvalue weighted by atomic mass is 16.5. The Morgan fingerprint density at radius 3 is 2.83 bits per heavy atom. The Labute approximate surface area is 137 Å². The van der Waals surface area contributed by atoms with Crippen LogP contribution < -0.4 is 10.1 Å². The van der Waals surface area contributed by atoms with Crippen LogP contribution in [0.4, 0.5) is 4.79 Å². The first-order valence-corrected chi connectivity index (χ1v) is 7.29. The normalized spacial score (nSPS) is 13.7. The Bertz CT molecular complexity index is 820. The zero-order valence-corrected chi connectivity index (χ0v) is 12.9. The maximum Gasteiger partial charge on any atom is 0.343 e. The lowest BCUT2D eigenvalue weighted by molar-refractivity contribution is -0.130. The smallest absolute Gasteiger partial charge is 0.343 e. The number of carbonyl (C=O) groups is 3. The number of benzene rings is 1. The first-order chi connectivity index (χ1) is 11.6. The average Bonchev–Trinajstić information content (AvgIpc) is 3.04. The first kappa shape index (κ1) is 15.7. The lowest BCUT2D eigenvalue weighted by Gasteiger charge is -2.14. The number of rotatable bonds is 4. The Morgan fingerprint density at radius 2 is 2.12 bits per heavy atom. The van der Waals surface area contributed by atoms with Crippen molar-refractivity contribution in [3.05, 3.63) is 36.0 Å². The molecule has 3 rings (SSSR count). The van der Waals surface area contributed by atoms with Crippen LogP contribution in [0.15, 0.2) is 30.5 Å². The van der Waals surface area contributed by atoms with Crippen LogP contribution in [-0.2, 0) is 9.53 Å². The number of carbonyl (C=O) groups excluding carboxylic acids is 3. The van der Waals surface area contributed by atoms with Crippen molar-refractivity contribution in [2.24, 2.45) is 0 Å². The molecule has 0 radical (unpaired) electrons. The van der Waals surface area contributed by atoms with E-state index in [0.717, 1.165) is 4.90 Å². The van der Waals surface area contributed by atoms with Gasteiger partial charge < -0.3 is 14.8 Å². The first-order valence-electron chi connectivity index (χ1n) is 7.29. The van der Waals surface area contributed by atoms with E-state index in [1.807, 2.05) is 0 Å². The molecular formula is C16H15N3O5. The standard InChI is InChI=1S/C16H15N3O5/c1-23-12-8-18-11-5-3-2-4-10(11)14(12)15(21)24-9-13(20)19-7-6-17-16(19)22/h2-5,8H,6-7,9H2,1H3,(H,17,22). The van der Waals surface area contributed by atoms with E-state index in [2.05, 4.69) is 10.3 Å². The molecule has 0 bridgehead atoms. The fourth-order valence-corrected chi connectivity index (χ4v) is 2.48. The van der Waals surface area contributed by atoms with Crippen LogP contribution in [-0.4, -0.2) is 54.6 Å². The number of hydrogen-bond donors (Lipinski definition) is 1. The van der Waals surface area contributed by atoms with Gasteiger partial charge in [0.1, 0.15) is 5.56 Å². The fraction of sp³-hybridized carbons (Fsp3) is 0.250. The molecule has 1 fully saturated rings. The van der Waals surface area contributed by atoms with E-state index < -0.39 is 24.5 Å². The SMILES string of the molecule is COc1cnc2ccccc2c1C(=O)OCC(=O)N1CCNC1=O. The van der Waals surface area contributed by atoms with Gasteiger partial charge in [0.15, 0.2) is 12.4 Å². The molecule has 1 saturated heterocycles. The molecular weight excluding hydrogens is 314 g/mol. The van der Waals surface area contributed by atoms with E-state index in [4.69, 9.17) is 9.47 Å². The summed E-state index contributed by atoms with van der Waals surface area (Å²) in [4.78, 5) is 41.0. The molecule has 8 heteroatoms. The molecule has 1 aliphatic rings. The summed E-state index contributed by atoms with van der Waals surface area (Å²) in [6.07, 6.45) is 1.43. The minimum atomic E-state index is -0.710. The minimum absolute atomic E-state index is 0.196. The van der Waals surface area contributed by atoms with Crippen molar-refractivity contribution in [3.63, 3.8) is 0 Å². The molecule has 124 valence electrons. The van der Waals surface area contributed by atoms with Crippen LogP contribution in [0.5, 0.6) is 5.75 Å². The van der Waals surface area contributed by atoms with Gasteiger partial charge in [0.25, 0.3) is 5.91 Å². The Kier molecular flexibility index (Phi) is 4.28. The monoisotopic (exact) mass is 329 g/mol. The van der Waals surface area contributed by atoms with E-state index in [1.54, 1.807) is 24.3 Å². The number of para-hydroxylation sites is 1. The molecule has 0 saturated carbocycles. The summed E-state index contributed by atoms with van der Waals surface area (Å²) in [5.41, 5.74) is 0.803. The summed E-state index contributed by atoms with van der Waals surface area (Å²) in [7, 11) is 1.42. The Hall–Kier alpha value is -3.16. The summed E-state index contributed by atoms with van der Waals surface area (Å²) in [5, 5.41) is 3.07. The number of fused-ring (bicyclic) bond motifs is 1. The van der Waals surface area contributed by atoms with Crippen molar-refractivity contribution in [2.45, 2.75) is 0 Å². The number of ether oxygens (including phenoxy) is 2. The summed E-state index contributed by atoms with van der Waals surface area (Å²) in [6.45, 7) is 0.129. The van der Waals surface area contributed by atoms with E-state index >= 15 is 0 Å². The van der Waals surface area contributed by atoms with Crippen molar-refractivity contribution in [3.8, 4) is 5.75 Å². The summed E-state index contributed by atoms with van der Waals surface area (Å²) < 4.78 is 10.3. The van der Waals surface area contributed by atoms with Gasteiger partial charge in [0, 0.05) is 18.5 Å². The van der Waals surface area contributed by atoms with Crippen molar-refractivity contribution < 1.29 is 23.9 Å². The number of pyridine rings is 1. The Morgan fingerprint density at radius 1 is 1.33 bits per heavy atom. The second kappa shape index (κ2) is 6.53. The van der Waals surface area contributed by atoms with Crippen LogP contribution in [0.25, 0.3) is 10.9 Å². The second-order valence-electron chi connectivity index (χ2n) is 5.07. The number of nitrogens with zero attached hydrogens (tertiary/aromatic N) is 2. The lowest BCUT2D eigenvalue weighted by Crippen LogP contribution is -2.37. The minimum Gasteiger partial charge on any atom is -0.494 e. The summed E-state index contributed by atoms with van der Waals surface area (Å²) in [5.74, 6) is -1.03. The van der Waals surface area contributed by atoms with Crippen LogP contribution in [0, 0.1) is 0 Å². The van der Waals surface area contributed by atoms with Crippen molar-refractivity contribution in [1.29, 1.82) is 0 Å². The molecule has 2 heterocycles. The van der Waals surface area contributed by atoms with E-state index in [9.17, 15) is 14.4 Å². The summed E-state index contributed by atoms with van der Waals surface area (Å²) >= 11 is 0. The van der Waals surface area contributed by atoms with E-state index in [0.29, 0.717) is 17.4 Å². The maximum atomic E-state index is 12.4. The van der Waals surface area contributed by atoms with Crippen LogP contribution in [0.1, 0.15) is 10.4 Å². The fourth-order valence-electron chi connectivity index (χ4n) is 2.48.